The van der Waals surface area contributed by atoms with Gasteiger partial charge in [0, 0.05) is 37.1 Å². The maximum atomic E-state index is 13.8. The molecule has 2 rings (SSSR count). The van der Waals surface area contributed by atoms with Crippen molar-refractivity contribution in [3.8, 4) is 11.3 Å². The van der Waals surface area contributed by atoms with Crippen LogP contribution in [0.2, 0.25) is 0 Å². The van der Waals surface area contributed by atoms with Crippen molar-refractivity contribution in [3.05, 3.63) is 54.6 Å². The molecule has 0 saturated heterocycles. The summed E-state index contributed by atoms with van der Waals surface area (Å²) in [4.78, 5) is 6.16. The first-order valence-corrected chi connectivity index (χ1v) is 5.85. The summed E-state index contributed by atoms with van der Waals surface area (Å²) in [6, 6.07) is 7.03. The molecule has 2 nitrogen and oxygen atoms in total. The Morgan fingerprint density at radius 1 is 1.16 bits per heavy atom. The summed E-state index contributed by atoms with van der Waals surface area (Å²) >= 11 is 0. The standard InChI is InChI=1S/C15H14F2N2/c1-4-11-8-12(19(2)3)9-15(18-11)13-6-5-10(16)7-14(13)17/h1,5-9H,4H2,2-3H3. The molecule has 0 spiro atoms. The van der Waals surface area contributed by atoms with Gasteiger partial charge in [0.25, 0.3) is 0 Å². The van der Waals surface area contributed by atoms with Gasteiger partial charge >= 0.3 is 0 Å². The topological polar surface area (TPSA) is 16.1 Å². The second kappa shape index (κ2) is 5.34. The molecule has 0 aliphatic carbocycles. The number of nitrogens with zero attached hydrogens (tertiary/aromatic N) is 2. The monoisotopic (exact) mass is 260 g/mol. The Hall–Kier alpha value is -1.97. The van der Waals surface area contributed by atoms with Gasteiger partial charge in [-0.2, -0.15) is 0 Å². The van der Waals surface area contributed by atoms with E-state index in [2.05, 4.69) is 4.98 Å². The van der Waals surface area contributed by atoms with Gasteiger partial charge in [-0.05, 0) is 37.6 Å². The predicted molar refractivity (Wildman–Crippen MR) is 71.9 cm³/mol. The molecule has 2 aromatic rings. The second-order valence-electron chi connectivity index (χ2n) is 4.42. The van der Waals surface area contributed by atoms with Crippen molar-refractivity contribution in [2.24, 2.45) is 0 Å². The highest BCUT2D eigenvalue weighted by Crippen LogP contribution is 2.26. The molecular weight excluding hydrogens is 246 g/mol. The summed E-state index contributed by atoms with van der Waals surface area (Å²) in [6.45, 7) is 5.59. The van der Waals surface area contributed by atoms with Gasteiger partial charge in [0.1, 0.15) is 11.6 Å². The van der Waals surface area contributed by atoms with Crippen LogP contribution in [0.5, 0.6) is 0 Å². The van der Waals surface area contributed by atoms with Crippen molar-refractivity contribution in [1.29, 1.82) is 0 Å². The van der Waals surface area contributed by atoms with E-state index in [4.69, 9.17) is 6.92 Å². The molecule has 98 valence electrons. The van der Waals surface area contributed by atoms with Gasteiger partial charge in [-0.15, -0.1) is 0 Å². The molecule has 0 bridgehead atoms. The molecule has 0 N–H and O–H groups in total. The van der Waals surface area contributed by atoms with E-state index in [0.29, 0.717) is 11.4 Å². The molecule has 1 aromatic heterocycles. The van der Waals surface area contributed by atoms with Crippen LogP contribution in [0.25, 0.3) is 11.3 Å². The number of hydrogen-bond donors (Lipinski definition) is 0. The molecule has 4 heteroatoms. The molecule has 0 saturated carbocycles. The molecule has 2 radical (unpaired) electrons. The van der Waals surface area contributed by atoms with Crippen LogP contribution in [-0.4, -0.2) is 19.1 Å². The highest BCUT2D eigenvalue weighted by atomic mass is 19.1. The van der Waals surface area contributed by atoms with Crippen molar-refractivity contribution in [2.45, 2.75) is 6.42 Å². The van der Waals surface area contributed by atoms with Gasteiger partial charge < -0.3 is 4.90 Å². The van der Waals surface area contributed by atoms with Gasteiger partial charge in [-0.1, -0.05) is 0 Å². The lowest BCUT2D eigenvalue weighted by atomic mass is 10.1. The fraction of sp³-hybridized carbons (Fsp3) is 0.200. The van der Waals surface area contributed by atoms with Crippen LogP contribution in [0, 0.1) is 18.6 Å². The first-order chi connectivity index (χ1) is 9.01. The SMILES string of the molecule is [CH]Cc1cc(N(C)C)cc(-c2ccc(F)cc2F)n1. The quantitative estimate of drug-likeness (QED) is 0.841. The number of halogens is 2. The average molecular weight is 260 g/mol. The van der Waals surface area contributed by atoms with Gasteiger partial charge in [-0.25, -0.2) is 8.78 Å². The maximum absolute atomic E-state index is 13.8. The minimum atomic E-state index is -0.633. The van der Waals surface area contributed by atoms with Crippen molar-refractivity contribution in [2.75, 3.05) is 19.0 Å². The van der Waals surface area contributed by atoms with E-state index in [1.54, 1.807) is 6.07 Å². The summed E-state index contributed by atoms with van der Waals surface area (Å²) in [5, 5.41) is 0. The van der Waals surface area contributed by atoms with E-state index in [1.807, 2.05) is 25.1 Å². The van der Waals surface area contributed by atoms with Gasteiger partial charge in [-0.3, -0.25) is 4.98 Å². The highest BCUT2D eigenvalue weighted by molar-refractivity contribution is 5.65. The van der Waals surface area contributed by atoms with Crippen molar-refractivity contribution < 1.29 is 8.78 Å². The lowest BCUT2D eigenvalue weighted by molar-refractivity contribution is 0.585. The first kappa shape index (κ1) is 13.5. The number of anilines is 1. The minimum absolute atomic E-state index is 0.261. The zero-order valence-corrected chi connectivity index (χ0v) is 10.8. The molecule has 0 fully saturated rings. The zero-order chi connectivity index (χ0) is 14.0. The minimum Gasteiger partial charge on any atom is -0.378 e. The smallest absolute Gasteiger partial charge is 0.135 e. The Kier molecular flexibility index (Phi) is 3.79. The zero-order valence-electron chi connectivity index (χ0n) is 10.8. The van der Waals surface area contributed by atoms with Crippen molar-refractivity contribution >= 4 is 5.69 Å². The largest absolute Gasteiger partial charge is 0.378 e. The summed E-state index contributed by atoms with van der Waals surface area (Å²) in [7, 11) is 3.75. The molecule has 1 heterocycles. The third-order valence-electron chi connectivity index (χ3n) is 2.80. The molecule has 0 unspecified atom stereocenters. The fourth-order valence-corrected chi connectivity index (χ4v) is 1.77. The second-order valence-corrected chi connectivity index (χ2v) is 4.42. The number of benzene rings is 1. The Morgan fingerprint density at radius 2 is 1.89 bits per heavy atom. The van der Waals surface area contributed by atoms with E-state index in [0.717, 1.165) is 11.8 Å². The lowest BCUT2D eigenvalue weighted by Crippen LogP contribution is -2.10. The first-order valence-electron chi connectivity index (χ1n) is 5.85. The van der Waals surface area contributed by atoms with Crippen molar-refractivity contribution in [1.82, 2.24) is 4.98 Å². The molecule has 1 aromatic carbocycles. The highest BCUT2D eigenvalue weighted by Gasteiger charge is 2.10. The van der Waals surface area contributed by atoms with Crippen LogP contribution < -0.4 is 4.90 Å². The van der Waals surface area contributed by atoms with Gasteiger partial charge in [0.05, 0.1) is 5.69 Å². The Morgan fingerprint density at radius 3 is 2.47 bits per heavy atom. The average Bonchev–Trinajstić information content (AvgIpc) is 2.38. The van der Waals surface area contributed by atoms with E-state index in [1.165, 1.54) is 12.1 Å². The predicted octanol–water partition coefficient (Wildman–Crippen LogP) is 3.35. The van der Waals surface area contributed by atoms with E-state index >= 15 is 0 Å². The third-order valence-corrected chi connectivity index (χ3v) is 2.80. The van der Waals surface area contributed by atoms with E-state index < -0.39 is 11.6 Å². The Balaban J connectivity index is 2.57. The maximum Gasteiger partial charge on any atom is 0.135 e. The summed E-state index contributed by atoms with van der Waals surface area (Å²) in [5.74, 6) is -1.24. The summed E-state index contributed by atoms with van der Waals surface area (Å²) < 4.78 is 26.7. The summed E-state index contributed by atoms with van der Waals surface area (Å²) in [6.07, 6.45) is 0.261. The van der Waals surface area contributed by atoms with Crippen LogP contribution in [0.3, 0.4) is 0 Å². The number of pyridine rings is 1. The number of rotatable bonds is 3. The van der Waals surface area contributed by atoms with Crippen LogP contribution in [0.15, 0.2) is 30.3 Å². The van der Waals surface area contributed by atoms with Gasteiger partial charge in [0.15, 0.2) is 0 Å². The normalized spacial score (nSPS) is 10.6. The van der Waals surface area contributed by atoms with Gasteiger partial charge in [0.2, 0.25) is 0 Å². The molecule has 0 atom stereocenters. The van der Waals surface area contributed by atoms with Crippen LogP contribution in [0.4, 0.5) is 14.5 Å². The molecule has 0 aliphatic heterocycles. The molecule has 19 heavy (non-hydrogen) atoms. The fourth-order valence-electron chi connectivity index (χ4n) is 1.77. The number of aromatic nitrogens is 1. The Labute approximate surface area is 111 Å². The third kappa shape index (κ3) is 2.89. The number of hydrogen-bond acceptors (Lipinski definition) is 2. The molecule has 0 amide bonds. The van der Waals surface area contributed by atoms with Crippen LogP contribution in [0.1, 0.15) is 5.69 Å². The molecular formula is C15H14F2N2. The van der Waals surface area contributed by atoms with Crippen LogP contribution >= 0.6 is 0 Å². The summed E-state index contributed by atoms with van der Waals surface area (Å²) in [5.41, 5.74) is 2.24. The van der Waals surface area contributed by atoms with E-state index in [-0.39, 0.29) is 12.0 Å². The van der Waals surface area contributed by atoms with Crippen molar-refractivity contribution in [3.63, 3.8) is 0 Å². The molecule has 0 aliphatic rings. The van der Waals surface area contributed by atoms with Crippen LogP contribution in [-0.2, 0) is 6.42 Å². The lowest BCUT2D eigenvalue weighted by Gasteiger charge is -2.15. The Bertz CT molecular complexity index is 595. The van der Waals surface area contributed by atoms with E-state index in [9.17, 15) is 8.78 Å².